The van der Waals surface area contributed by atoms with Crippen molar-refractivity contribution < 1.29 is 14.7 Å². The maximum absolute atomic E-state index is 11.8. The molecule has 2 aromatic rings. The number of phenolic OH excluding ortho intramolecular Hbond substituents is 1. The smallest absolute Gasteiger partial charge is 0.290 e. The number of carbonyl (C=O) groups is 2. The molecule has 0 bridgehead atoms. The molecular formula is C19H19N5O3S. The van der Waals surface area contributed by atoms with Crippen LogP contribution in [0.15, 0.2) is 35.5 Å². The second kappa shape index (κ2) is 7.61. The molecule has 0 saturated carbocycles. The predicted octanol–water partition coefficient (Wildman–Crippen LogP) is 1.92. The lowest BCUT2D eigenvalue weighted by Gasteiger charge is -2.33. The molecule has 0 radical (unpaired) electrons. The van der Waals surface area contributed by atoms with Crippen LogP contribution in [0.2, 0.25) is 0 Å². The van der Waals surface area contributed by atoms with Crippen LogP contribution in [-0.4, -0.2) is 64.3 Å². The lowest BCUT2D eigenvalue weighted by molar-refractivity contribution is -0.115. The zero-order valence-corrected chi connectivity index (χ0v) is 16.1. The van der Waals surface area contributed by atoms with E-state index in [0.29, 0.717) is 11.3 Å². The highest BCUT2D eigenvalue weighted by Crippen LogP contribution is 2.31. The first-order valence-corrected chi connectivity index (χ1v) is 9.65. The van der Waals surface area contributed by atoms with Crippen LogP contribution in [0, 0.1) is 0 Å². The van der Waals surface area contributed by atoms with E-state index < -0.39 is 11.1 Å². The van der Waals surface area contributed by atoms with Crippen LogP contribution >= 0.6 is 11.8 Å². The Morgan fingerprint density at radius 1 is 1.18 bits per heavy atom. The maximum atomic E-state index is 11.8. The Kier molecular flexibility index (Phi) is 5.01. The van der Waals surface area contributed by atoms with Gasteiger partial charge in [0.1, 0.15) is 11.6 Å². The third kappa shape index (κ3) is 3.85. The minimum atomic E-state index is -0.461. The van der Waals surface area contributed by atoms with Crippen LogP contribution in [0.5, 0.6) is 5.75 Å². The van der Waals surface area contributed by atoms with E-state index in [1.807, 2.05) is 0 Å². The molecule has 4 rings (SSSR count). The number of imide groups is 1. The van der Waals surface area contributed by atoms with Crippen LogP contribution in [0.4, 0.5) is 10.6 Å². The van der Waals surface area contributed by atoms with Crippen molar-refractivity contribution in [1.29, 1.82) is 0 Å². The summed E-state index contributed by atoms with van der Waals surface area (Å²) in [4.78, 5) is 36.9. The molecule has 0 aliphatic carbocycles. The van der Waals surface area contributed by atoms with Gasteiger partial charge in [0, 0.05) is 37.3 Å². The molecule has 1 aromatic heterocycles. The van der Waals surface area contributed by atoms with Crippen LogP contribution in [0.1, 0.15) is 5.56 Å². The van der Waals surface area contributed by atoms with E-state index in [-0.39, 0.29) is 10.7 Å². The molecular weight excluding hydrogens is 378 g/mol. The lowest BCUT2D eigenvalue weighted by atomic mass is 10.1. The first-order valence-electron chi connectivity index (χ1n) is 8.83. The number of piperazine rings is 1. The average Bonchev–Trinajstić information content (AvgIpc) is 3.01. The highest BCUT2D eigenvalue weighted by Gasteiger charge is 2.25. The predicted molar refractivity (Wildman–Crippen MR) is 108 cm³/mol. The largest absolute Gasteiger partial charge is 0.507 e. The van der Waals surface area contributed by atoms with Gasteiger partial charge in [-0.05, 0) is 43.1 Å². The number of nitrogens with zero attached hydrogens (tertiary/aromatic N) is 4. The van der Waals surface area contributed by atoms with E-state index in [1.165, 1.54) is 6.08 Å². The van der Waals surface area contributed by atoms with E-state index in [0.717, 1.165) is 49.3 Å². The fraction of sp³-hybridized carbons (Fsp3) is 0.263. The van der Waals surface area contributed by atoms with Gasteiger partial charge in [0.2, 0.25) is 0 Å². The summed E-state index contributed by atoms with van der Waals surface area (Å²) in [7, 11) is 2.10. The summed E-state index contributed by atoms with van der Waals surface area (Å²) in [6.45, 7) is 3.73. The molecule has 8 nitrogen and oxygen atoms in total. The summed E-state index contributed by atoms with van der Waals surface area (Å²) in [6.07, 6.45) is 4.92. The number of anilines is 1. The van der Waals surface area contributed by atoms with Gasteiger partial charge in [-0.1, -0.05) is 0 Å². The number of hydrogen-bond donors (Lipinski definition) is 2. The number of hydrogen-bond acceptors (Lipinski definition) is 8. The minimum absolute atomic E-state index is 0.0205. The third-order valence-electron chi connectivity index (χ3n) is 4.70. The van der Waals surface area contributed by atoms with Crippen LogP contribution in [-0.2, 0) is 4.79 Å². The summed E-state index contributed by atoms with van der Waals surface area (Å²) in [5, 5.41) is 11.9. The Labute approximate surface area is 166 Å². The number of amides is 2. The normalized spacial score (nSPS) is 19.3. The second-order valence-corrected chi connectivity index (χ2v) is 7.69. The number of likely N-dealkylation sites (N-methyl/N-ethyl adjacent to an activating group) is 1. The Morgan fingerprint density at radius 2 is 1.96 bits per heavy atom. The van der Waals surface area contributed by atoms with E-state index in [1.54, 1.807) is 30.6 Å². The number of rotatable bonds is 3. The quantitative estimate of drug-likeness (QED) is 0.758. The molecule has 2 aliphatic rings. The third-order valence-corrected chi connectivity index (χ3v) is 5.51. The van der Waals surface area contributed by atoms with Crippen molar-refractivity contribution in [3.63, 3.8) is 0 Å². The van der Waals surface area contributed by atoms with Gasteiger partial charge in [-0.2, -0.15) is 0 Å². The molecule has 1 aromatic carbocycles. The molecule has 0 unspecified atom stereocenters. The molecule has 2 fully saturated rings. The molecule has 2 amide bonds. The van der Waals surface area contributed by atoms with Crippen LogP contribution in [0.3, 0.4) is 0 Å². The van der Waals surface area contributed by atoms with Crippen molar-refractivity contribution in [2.45, 2.75) is 0 Å². The van der Waals surface area contributed by atoms with E-state index >= 15 is 0 Å². The minimum Gasteiger partial charge on any atom is -0.507 e. The lowest BCUT2D eigenvalue weighted by Crippen LogP contribution is -2.44. The van der Waals surface area contributed by atoms with Crippen molar-refractivity contribution in [1.82, 2.24) is 20.2 Å². The van der Waals surface area contributed by atoms with Crippen LogP contribution < -0.4 is 10.2 Å². The van der Waals surface area contributed by atoms with E-state index in [9.17, 15) is 14.7 Å². The number of thioether (sulfide) groups is 1. The summed E-state index contributed by atoms with van der Waals surface area (Å²) >= 11 is 0.812. The molecule has 0 atom stereocenters. The first kappa shape index (κ1) is 18.5. The topological polar surface area (TPSA) is 98.7 Å². The zero-order chi connectivity index (χ0) is 19.7. The molecule has 2 aliphatic heterocycles. The SMILES string of the molecule is CN1CCN(c2cncc(-c3ccc(O)c(C=C4SC(=O)NC4=O)c3)n2)CC1. The Balaban J connectivity index is 1.63. The summed E-state index contributed by atoms with van der Waals surface area (Å²) in [5.74, 6) is 0.374. The Bertz CT molecular complexity index is 970. The summed E-state index contributed by atoms with van der Waals surface area (Å²) in [6, 6.07) is 5.03. The second-order valence-electron chi connectivity index (χ2n) is 6.68. The van der Waals surface area contributed by atoms with Gasteiger partial charge >= 0.3 is 0 Å². The highest BCUT2D eigenvalue weighted by molar-refractivity contribution is 8.18. The van der Waals surface area contributed by atoms with Gasteiger partial charge < -0.3 is 14.9 Å². The van der Waals surface area contributed by atoms with Gasteiger partial charge in [0.05, 0.1) is 23.0 Å². The number of aromatic hydroxyl groups is 1. The number of nitrogens with one attached hydrogen (secondary N) is 1. The van der Waals surface area contributed by atoms with E-state index in [2.05, 4.69) is 27.1 Å². The monoisotopic (exact) mass is 397 g/mol. The molecule has 28 heavy (non-hydrogen) atoms. The van der Waals surface area contributed by atoms with E-state index in [4.69, 9.17) is 4.98 Å². The fourth-order valence-electron chi connectivity index (χ4n) is 3.07. The van der Waals surface area contributed by atoms with Crippen LogP contribution in [0.25, 0.3) is 17.3 Å². The highest BCUT2D eigenvalue weighted by atomic mass is 32.2. The summed E-state index contributed by atoms with van der Waals surface area (Å²) in [5.41, 5.74) is 1.88. The van der Waals surface area contributed by atoms with Gasteiger partial charge in [-0.15, -0.1) is 0 Å². The standard InChI is InChI=1S/C19H19N5O3S/c1-23-4-6-24(7-5-23)17-11-20-10-14(21-17)12-2-3-15(25)13(8-12)9-16-18(26)22-19(27)28-16/h2-3,8-11,25H,4-7H2,1H3,(H,22,26,27). The Morgan fingerprint density at radius 3 is 2.68 bits per heavy atom. The molecule has 0 spiro atoms. The van der Waals surface area contributed by atoms with Crippen molar-refractivity contribution >= 4 is 34.8 Å². The number of phenols is 1. The zero-order valence-electron chi connectivity index (χ0n) is 15.3. The van der Waals surface area contributed by atoms with Crippen molar-refractivity contribution in [2.75, 3.05) is 38.1 Å². The number of carbonyl (C=O) groups excluding carboxylic acids is 2. The fourth-order valence-corrected chi connectivity index (χ4v) is 3.75. The molecule has 144 valence electrons. The molecule has 2 saturated heterocycles. The van der Waals surface area contributed by atoms with Gasteiger partial charge in [0.25, 0.3) is 11.1 Å². The summed E-state index contributed by atoms with van der Waals surface area (Å²) < 4.78 is 0. The average molecular weight is 397 g/mol. The number of benzene rings is 1. The maximum Gasteiger partial charge on any atom is 0.290 e. The Hall–Kier alpha value is -2.91. The van der Waals surface area contributed by atoms with Crippen molar-refractivity contribution in [2.24, 2.45) is 0 Å². The number of aromatic nitrogens is 2. The van der Waals surface area contributed by atoms with Crippen molar-refractivity contribution in [3.8, 4) is 17.0 Å². The molecule has 9 heteroatoms. The first-order chi connectivity index (χ1) is 13.5. The van der Waals surface area contributed by atoms with Gasteiger partial charge in [-0.25, -0.2) is 4.98 Å². The van der Waals surface area contributed by atoms with Gasteiger partial charge in [0.15, 0.2) is 0 Å². The van der Waals surface area contributed by atoms with Gasteiger partial charge in [-0.3, -0.25) is 19.9 Å². The van der Waals surface area contributed by atoms with Crippen molar-refractivity contribution in [3.05, 3.63) is 41.1 Å². The molecule has 2 N–H and O–H groups in total. The molecule has 3 heterocycles.